The van der Waals surface area contributed by atoms with Crippen LogP contribution in [0.4, 0.5) is 5.69 Å². The summed E-state index contributed by atoms with van der Waals surface area (Å²) < 4.78 is 15.0. The third kappa shape index (κ3) is 4.27. The molecular weight excluding hydrogens is 372 g/mol. The quantitative estimate of drug-likeness (QED) is 0.527. The van der Waals surface area contributed by atoms with E-state index in [1.165, 1.54) is 14.2 Å². The number of hydrogen-bond acceptors (Lipinski definition) is 7. The van der Waals surface area contributed by atoms with E-state index >= 15 is 0 Å². The minimum Gasteiger partial charge on any atom is -0.466 e. The van der Waals surface area contributed by atoms with Gasteiger partial charge >= 0.3 is 11.9 Å². The highest BCUT2D eigenvalue weighted by Crippen LogP contribution is 2.28. The third-order valence-corrected chi connectivity index (χ3v) is 3.84. The zero-order valence-corrected chi connectivity index (χ0v) is 15.2. The fraction of sp³-hybridized carbons (Fsp3) is 0.105. The molecule has 0 fully saturated rings. The molecule has 0 amide bonds. The molecule has 0 saturated heterocycles. The van der Waals surface area contributed by atoms with Crippen LogP contribution in [-0.2, 0) is 19.1 Å². The standard InChI is InChI=1S/C19H15ClN2O5/c1-25-17(23)10-15(19(24)26-2)21-13-5-3-4-11(8-13)18-22-14-7-6-12(20)9-16(14)27-18/h3-10,21H,1-2H3/b15-10+. The molecule has 0 aliphatic heterocycles. The number of methoxy groups -OCH3 is 2. The van der Waals surface area contributed by atoms with Crippen LogP contribution in [0, 0.1) is 0 Å². The molecule has 2 aromatic carbocycles. The Morgan fingerprint density at radius 1 is 1.15 bits per heavy atom. The molecule has 0 unspecified atom stereocenters. The summed E-state index contributed by atoms with van der Waals surface area (Å²) in [6, 6.07) is 12.2. The maximum Gasteiger partial charge on any atom is 0.354 e. The minimum atomic E-state index is -0.706. The lowest BCUT2D eigenvalue weighted by atomic mass is 10.2. The first-order chi connectivity index (χ1) is 13.0. The Morgan fingerprint density at radius 2 is 1.96 bits per heavy atom. The van der Waals surface area contributed by atoms with Gasteiger partial charge in [0.25, 0.3) is 0 Å². The summed E-state index contributed by atoms with van der Waals surface area (Å²) in [7, 11) is 2.43. The molecule has 1 heterocycles. The summed E-state index contributed by atoms with van der Waals surface area (Å²) in [6.45, 7) is 0. The van der Waals surface area contributed by atoms with Crippen molar-refractivity contribution in [3.63, 3.8) is 0 Å². The van der Waals surface area contributed by atoms with Gasteiger partial charge in [0.15, 0.2) is 5.58 Å². The number of oxazole rings is 1. The van der Waals surface area contributed by atoms with Crippen molar-refractivity contribution in [3.05, 3.63) is 59.3 Å². The van der Waals surface area contributed by atoms with Crippen molar-refractivity contribution in [1.29, 1.82) is 0 Å². The zero-order valence-electron chi connectivity index (χ0n) is 14.5. The highest BCUT2D eigenvalue weighted by molar-refractivity contribution is 6.31. The van der Waals surface area contributed by atoms with E-state index in [1.54, 1.807) is 42.5 Å². The van der Waals surface area contributed by atoms with Crippen molar-refractivity contribution < 1.29 is 23.5 Å². The van der Waals surface area contributed by atoms with Gasteiger partial charge in [0.05, 0.1) is 20.3 Å². The molecule has 0 aliphatic carbocycles. The molecule has 0 saturated carbocycles. The molecule has 0 radical (unpaired) electrons. The van der Waals surface area contributed by atoms with Crippen LogP contribution in [0.15, 0.2) is 58.7 Å². The molecule has 0 bridgehead atoms. The lowest BCUT2D eigenvalue weighted by Crippen LogP contribution is -2.15. The minimum absolute atomic E-state index is 0.0640. The second kappa shape index (κ2) is 7.92. The number of rotatable bonds is 5. The largest absolute Gasteiger partial charge is 0.466 e. The first kappa shape index (κ1) is 18.5. The molecule has 0 spiro atoms. The van der Waals surface area contributed by atoms with E-state index < -0.39 is 11.9 Å². The number of anilines is 1. The summed E-state index contributed by atoms with van der Waals surface area (Å²) >= 11 is 5.97. The van der Waals surface area contributed by atoms with Crippen molar-refractivity contribution in [3.8, 4) is 11.5 Å². The van der Waals surface area contributed by atoms with Crippen molar-refractivity contribution in [2.24, 2.45) is 0 Å². The Balaban J connectivity index is 1.92. The van der Waals surface area contributed by atoms with Crippen LogP contribution < -0.4 is 5.32 Å². The van der Waals surface area contributed by atoms with Crippen LogP contribution in [0.3, 0.4) is 0 Å². The van der Waals surface area contributed by atoms with Gasteiger partial charge in [-0.15, -0.1) is 0 Å². The highest BCUT2D eigenvalue weighted by Gasteiger charge is 2.14. The number of benzene rings is 2. The maximum absolute atomic E-state index is 11.9. The Labute approximate surface area is 159 Å². The van der Waals surface area contributed by atoms with E-state index in [2.05, 4.69) is 19.8 Å². The molecule has 7 nitrogen and oxygen atoms in total. The van der Waals surface area contributed by atoms with Gasteiger partial charge in [0.1, 0.15) is 11.2 Å². The van der Waals surface area contributed by atoms with E-state index in [0.29, 0.717) is 33.3 Å². The number of hydrogen-bond donors (Lipinski definition) is 1. The molecule has 1 aromatic heterocycles. The lowest BCUT2D eigenvalue weighted by Gasteiger charge is -2.09. The zero-order chi connectivity index (χ0) is 19.4. The molecule has 8 heteroatoms. The topological polar surface area (TPSA) is 90.7 Å². The second-order valence-electron chi connectivity index (χ2n) is 5.41. The molecule has 3 rings (SSSR count). The van der Waals surface area contributed by atoms with Crippen molar-refractivity contribution >= 4 is 40.3 Å². The van der Waals surface area contributed by atoms with Gasteiger partial charge in [-0.2, -0.15) is 0 Å². The number of nitrogens with one attached hydrogen (secondary N) is 1. The molecular formula is C19H15ClN2O5. The number of fused-ring (bicyclic) bond motifs is 1. The van der Waals surface area contributed by atoms with Crippen LogP contribution in [-0.4, -0.2) is 31.1 Å². The van der Waals surface area contributed by atoms with Crippen LogP contribution in [0.1, 0.15) is 0 Å². The SMILES string of the molecule is COC(=O)/C=C(/Nc1cccc(-c2nc3ccc(Cl)cc3o2)c1)C(=O)OC. The van der Waals surface area contributed by atoms with Crippen molar-refractivity contribution in [2.75, 3.05) is 19.5 Å². The summed E-state index contributed by atoms with van der Waals surface area (Å²) in [5.74, 6) is -0.996. The second-order valence-corrected chi connectivity index (χ2v) is 5.85. The van der Waals surface area contributed by atoms with Crippen LogP contribution in [0.5, 0.6) is 0 Å². The number of aromatic nitrogens is 1. The average molecular weight is 387 g/mol. The Hall–Kier alpha value is -3.32. The smallest absolute Gasteiger partial charge is 0.354 e. The van der Waals surface area contributed by atoms with Gasteiger partial charge in [0.2, 0.25) is 5.89 Å². The van der Waals surface area contributed by atoms with Crippen molar-refractivity contribution in [1.82, 2.24) is 4.98 Å². The molecule has 0 atom stereocenters. The Bertz CT molecular complexity index is 1040. The maximum atomic E-state index is 11.9. The Kier molecular flexibility index (Phi) is 5.42. The summed E-state index contributed by atoms with van der Waals surface area (Å²) in [6.07, 6.45) is 1.01. The molecule has 27 heavy (non-hydrogen) atoms. The predicted octanol–water partition coefficient (Wildman–Crippen LogP) is 3.79. The summed E-state index contributed by atoms with van der Waals surface area (Å²) in [4.78, 5) is 27.8. The molecule has 138 valence electrons. The van der Waals surface area contributed by atoms with Crippen LogP contribution >= 0.6 is 11.6 Å². The number of nitrogens with zero attached hydrogens (tertiary/aromatic N) is 1. The summed E-state index contributed by atoms with van der Waals surface area (Å²) in [5.41, 5.74) is 2.39. The number of ether oxygens (including phenoxy) is 2. The Morgan fingerprint density at radius 3 is 2.70 bits per heavy atom. The molecule has 1 N–H and O–H groups in total. The fourth-order valence-corrected chi connectivity index (χ4v) is 2.50. The number of carbonyl (C=O) groups is 2. The highest BCUT2D eigenvalue weighted by atomic mass is 35.5. The van der Waals surface area contributed by atoms with Crippen molar-refractivity contribution in [2.45, 2.75) is 0 Å². The van der Waals surface area contributed by atoms with Crippen LogP contribution in [0.25, 0.3) is 22.6 Å². The van der Waals surface area contributed by atoms with Gasteiger partial charge in [0, 0.05) is 22.3 Å². The monoisotopic (exact) mass is 386 g/mol. The van der Waals surface area contributed by atoms with Gasteiger partial charge in [-0.25, -0.2) is 14.6 Å². The third-order valence-electron chi connectivity index (χ3n) is 3.61. The van der Waals surface area contributed by atoms with Gasteiger partial charge in [-0.3, -0.25) is 0 Å². The molecule has 3 aromatic rings. The van der Waals surface area contributed by atoms with E-state index in [9.17, 15) is 9.59 Å². The van der Waals surface area contributed by atoms with E-state index in [0.717, 1.165) is 6.08 Å². The lowest BCUT2D eigenvalue weighted by molar-refractivity contribution is -0.138. The fourth-order valence-electron chi connectivity index (χ4n) is 2.34. The van der Waals surface area contributed by atoms with Gasteiger partial charge < -0.3 is 19.2 Å². The number of carbonyl (C=O) groups excluding carboxylic acids is 2. The van der Waals surface area contributed by atoms with Crippen LogP contribution in [0.2, 0.25) is 5.02 Å². The normalized spacial score (nSPS) is 11.3. The van der Waals surface area contributed by atoms with E-state index in [-0.39, 0.29) is 5.70 Å². The first-order valence-corrected chi connectivity index (χ1v) is 8.19. The summed E-state index contributed by atoms with van der Waals surface area (Å²) in [5, 5.41) is 3.40. The number of halogens is 1. The van der Waals surface area contributed by atoms with Gasteiger partial charge in [-0.1, -0.05) is 17.7 Å². The van der Waals surface area contributed by atoms with E-state index in [4.69, 9.17) is 16.0 Å². The first-order valence-electron chi connectivity index (χ1n) is 7.81. The molecule has 0 aliphatic rings. The average Bonchev–Trinajstić information content (AvgIpc) is 3.10. The van der Waals surface area contributed by atoms with Gasteiger partial charge in [-0.05, 0) is 30.3 Å². The number of esters is 2. The predicted molar refractivity (Wildman–Crippen MR) is 100 cm³/mol. The van der Waals surface area contributed by atoms with E-state index in [1.807, 2.05) is 0 Å².